The number of hydrogen-bond donors (Lipinski definition) is 0. The molecular formula is C24H23N3O3S3. The Morgan fingerprint density at radius 1 is 1.15 bits per heavy atom. The molecule has 0 N–H and O–H groups in total. The van der Waals surface area contributed by atoms with Crippen LogP contribution in [-0.2, 0) is 22.3 Å². The van der Waals surface area contributed by atoms with Crippen LogP contribution in [-0.4, -0.2) is 36.4 Å². The molecule has 0 aliphatic carbocycles. The topological polar surface area (TPSA) is 72.3 Å². The molecule has 0 bridgehead atoms. The van der Waals surface area contributed by atoms with Crippen LogP contribution in [0.3, 0.4) is 0 Å². The highest BCUT2D eigenvalue weighted by atomic mass is 32.2. The molecule has 0 saturated carbocycles. The van der Waals surface area contributed by atoms with E-state index >= 15 is 0 Å². The van der Waals surface area contributed by atoms with Crippen LogP contribution in [0.1, 0.15) is 5.56 Å². The molecular weight excluding hydrogens is 474 g/mol. The van der Waals surface area contributed by atoms with Crippen LogP contribution >= 0.6 is 23.1 Å². The monoisotopic (exact) mass is 497 g/mol. The fraction of sp³-hybridized carbons (Fsp3) is 0.167. The molecule has 6 nitrogen and oxygen atoms in total. The Bertz CT molecular complexity index is 1470. The van der Waals surface area contributed by atoms with E-state index in [1.54, 1.807) is 28.8 Å². The summed E-state index contributed by atoms with van der Waals surface area (Å²) in [4.78, 5) is 19.2. The molecule has 0 radical (unpaired) electrons. The Kier molecular flexibility index (Phi) is 6.85. The van der Waals surface area contributed by atoms with Gasteiger partial charge in [-0.3, -0.25) is 9.36 Å². The lowest BCUT2D eigenvalue weighted by molar-refractivity contribution is 0.520. The normalized spacial score (nSPS) is 11.8. The minimum Gasteiger partial charge on any atom is -0.283 e. The average molecular weight is 498 g/mol. The number of rotatable bonds is 8. The van der Waals surface area contributed by atoms with Gasteiger partial charge >= 0.3 is 0 Å². The Labute approximate surface area is 201 Å². The number of thiophene rings is 1. The van der Waals surface area contributed by atoms with Gasteiger partial charge in [-0.1, -0.05) is 60.3 Å². The van der Waals surface area contributed by atoms with E-state index in [0.717, 1.165) is 16.7 Å². The van der Waals surface area contributed by atoms with Gasteiger partial charge in [-0.15, -0.1) is 17.9 Å². The van der Waals surface area contributed by atoms with Crippen LogP contribution in [0.4, 0.5) is 0 Å². The lowest BCUT2D eigenvalue weighted by Gasteiger charge is -2.13. The summed E-state index contributed by atoms with van der Waals surface area (Å²) >= 11 is 2.85. The second-order valence-electron chi connectivity index (χ2n) is 7.52. The molecule has 0 aliphatic rings. The van der Waals surface area contributed by atoms with E-state index in [4.69, 9.17) is 4.98 Å². The summed E-state index contributed by atoms with van der Waals surface area (Å²) in [6.07, 6.45) is 1.68. The van der Waals surface area contributed by atoms with Gasteiger partial charge in [0.25, 0.3) is 5.56 Å². The molecule has 4 aromatic rings. The first kappa shape index (κ1) is 23.4. The van der Waals surface area contributed by atoms with Crippen molar-refractivity contribution in [2.45, 2.75) is 22.3 Å². The fourth-order valence-corrected chi connectivity index (χ4v) is 6.30. The number of sulfonamides is 1. The molecule has 33 heavy (non-hydrogen) atoms. The van der Waals surface area contributed by atoms with Gasteiger partial charge < -0.3 is 0 Å². The van der Waals surface area contributed by atoms with Gasteiger partial charge in [0.15, 0.2) is 5.16 Å². The average Bonchev–Trinajstić information content (AvgIpc) is 3.24. The molecule has 2 aromatic carbocycles. The molecule has 0 atom stereocenters. The van der Waals surface area contributed by atoms with Crippen molar-refractivity contribution in [3.63, 3.8) is 0 Å². The summed E-state index contributed by atoms with van der Waals surface area (Å²) in [7, 11) is -0.500. The largest absolute Gasteiger partial charge is 0.283 e. The Balaban J connectivity index is 1.71. The molecule has 2 aromatic heterocycles. The van der Waals surface area contributed by atoms with Crippen molar-refractivity contribution >= 4 is 43.3 Å². The Morgan fingerprint density at radius 2 is 1.91 bits per heavy atom. The first-order chi connectivity index (χ1) is 15.8. The zero-order chi connectivity index (χ0) is 23.6. The quantitative estimate of drug-likeness (QED) is 0.198. The molecule has 0 fully saturated rings. The molecule has 0 amide bonds. The molecule has 170 valence electrons. The maximum absolute atomic E-state index is 13.5. The van der Waals surface area contributed by atoms with E-state index in [1.807, 2.05) is 41.8 Å². The SMILES string of the molecule is C=CCn1c(SCc2cccc(S(=O)(=O)N(C)C)c2)nc2scc(-c3ccccc3)c2c1=O. The summed E-state index contributed by atoms with van der Waals surface area (Å²) in [5.41, 5.74) is 2.58. The minimum atomic E-state index is -3.52. The van der Waals surface area contributed by atoms with Crippen molar-refractivity contribution in [2.24, 2.45) is 0 Å². The number of nitrogens with zero attached hydrogens (tertiary/aromatic N) is 3. The minimum absolute atomic E-state index is 0.105. The van der Waals surface area contributed by atoms with Gasteiger partial charge in [0, 0.05) is 37.3 Å². The molecule has 0 unspecified atom stereocenters. The van der Waals surface area contributed by atoms with E-state index in [9.17, 15) is 13.2 Å². The van der Waals surface area contributed by atoms with Crippen molar-refractivity contribution in [2.75, 3.05) is 14.1 Å². The zero-order valence-electron chi connectivity index (χ0n) is 18.3. The maximum Gasteiger partial charge on any atom is 0.263 e. The van der Waals surface area contributed by atoms with Crippen molar-refractivity contribution in [1.82, 2.24) is 13.9 Å². The number of benzene rings is 2. The summed E-state index contributed by atoms with van der Waals surface area (Å²) in [6, 6.07) is 16.6. The van der Waals surface area contributed by atoms with Crippen LogP contribution in [0.2, 0.25) is 0 Å². The van der Waals surface area contributed by atoms with Gasteiger partial charge in [0.2, 0.25) is 10.0 Å². The highest BCUT2D eigenvalue weighted by Gasteiger charge is 2.19. The van der Waals surface area contributed by atoms with Crippen molar-refractivity contribution in [3.8, 4) is 11.1 Å². The number of hydrogen-bond acceptors (Lipinski definition) is 6. The van der Waals surface area contributed by atoms with Gasteiger partial charge in [-0.05, 0) is 23.3 Å². The van der Waals surface area contributed by atoms with E-state index in [2.05, 4.69) is 6.58 Å². The Hall–Kier alpha value is -2.72. The molecule has 0 aliphatic heterocycles. The number of allylic oxidation sites excluding steroid dienone is 1. The van der Waals surface area contributed by atoms with Crippen LogP contribution in [0.15, 0.2) is 87.5 Å². The van der Waals surface area contributed by atoms with Crippen LogP contribution in [0.5, 0.6) is 0 Å². The summed E-state index contributed by atoms with van der Waals surface area (Å²) in [5, 5.41) is 3.16. The van der Waals surface area contributed by atoms with Crippen molar-refractivity contribution in [3.05, 3.63) is 88.5 Å². The first-order valence-corrected chi connectivity index (χ1v) is 13.5. The third-order valence-electron chi connectivity index (χ3n) is 5.10. The van der Waals surface area contributed by atoms with Crippen molar-refractivity contribution in [1.29, 1.82) is 0 Å². The standard InChI is InChI=1S/C24H23N3O3S3/c1-4-13-27-23(28)21-20(18-10-6-5-7-11-18)16-31-22(21)25-24(27)32-15-17-9-8-12-19(14-17)33(29,30)26(2)3/h4-12,14,16H,1,13,15H2,2-3H3. The van der Waals surface area contributed by atoms with Crippen LogP contribution < -0.4 is 5.56 Å². The summed E-state index contributed by atoms with van der Waals surface area (Å²) < 4.78 is 27.7. The van der Waals surface area contributed by atoms with Gasteiger partial charge in [-0.25, -0.2) is 17.7 Å². The number of fused-ring (bicyclic) bond motifs is 1. The molecule has 4 rings (SSSR count). The lowest BCUT2D eigenvalue weighted by Crippen LogP contribution is -2.22. The molecule has 2 heterocycles. The highest BCUT2D eigenvalue weighted by Crippen LogP contribution is 2.32. The van der Waals surface area contributed by atoms with E-state index in [0.29, 0.717) is 27.7 Å². The van der Waals surface area contributed by atoms with Gasteiger partial charge in [-0.2, -0.15) is 0 Å². The summed E-state index contributed by atoms with van der Waals surface area (Å²) in [6.45, 7) is 4.13. The third kappa shape index (κ3) is 4.67. The maximum atomic E-state index is 13.5. The predicted molar refractivity (Wildman–Crippen MR) is 136 cm³/mol. The number of aromatic nitrogens is 2. The van der Waals surface area contributed by atoms with Gasteiger partial charge in [0.05, 0.1) is 10.3 Å². The third-order valence-corrected chi connectivity index (χ3v) is 8.83. The first-order valence-electron chi connectivity index (χ1n) is 10.2. The van der Waals surface area contributed by atoms with Crippen LogP contribution in [0, 0.1) is 0 Å². The van der Waals surface area contributed by atoms with E-state index in [-0.39, 0.29) is 10.5 Å². The Morgan fingerprint density at radius 3 is 2.61 bits per heavy atom. The van der Waals surface area contributed by atoms with E-state index in [1.165, 1.54) is 41.5 Å². The summed E-state index contributed by atoms with van der Waals surface area (Å²) in [5.74, 6) is 0.475. The predicted octanol–water partition coefficient (Wildman–Crippen LogP) is 4.85. The van der Waals surface area contributed by atoms with E-state index < -0.39 is 10.0 Å². The van der Waals surface area contributed by atoms with Crippen molar-refractivity contribution < 1.29 is 8.42 Å². The second kappa shape index (κ2) is 9.64. The highest BCUT2D eigenvalue weighted by molar-refractivity contribution is 7.98. The smallest absolute Gasteiger partial charge is 0.263 e. The number of thioether (sulfide) groups is 1. The molecule has 9 heteroatoms. The fourth-order valence-electron chi connectivity index (χ4n) is 3.39. The second-order valence-corrected chi connectivity index (χ2v) is 11.5. The lowest BCUT2D eigenvalue weighted by atomic mass is 10.1. The van der Waals surface area contributed by atoms with Crippen LogP contribution in [0.25, 0.3) is 21.3 Å². The molecule has 0 saturated heterocycles. The van der Waals surface area contributed by atoms with Gasteiger partial charge in [0.1, 0.15) is 4.83 Å². The molecule has 0 spiro atoms. The zero-order valence-corrected chi connectivity index (χ0v) is 20.7.